The zero-order chi connectivity index (χ0) is 15.4. The molecule has 22 heavy (non-hydrogen) atoms. The number of carboxylic acids is 1. The van der Waals surface area contributed by atoms with Crippen LogP contribution in [0.25, 0.3) is 0 Å². The summed E-state index contributed by atoms with van der Waals surface area (Å²) in [5.41, 5.74) is 4.36. The van der Waals surface area contributed by atoms with Crippen LogP contribution in [0.1, 0.15) is 45.1 Å². The average Bonchev–Trinajstić information content (AvgIpc) is 2.72. The van der Waals surface area contributed by atoms with Gasteiger partial charge >= 0.3 is 5.97 Å². The van der Waals surface area contributed by atoms with Crippen molar-refractivity contribution in [1.82, 2.24) is 0 Å². The van der Waals surface area contributed by atoms with Gasteiger partial charge in [-0.25, -0.2) is 4.79 Å². The number of hydrogen-bond acceptors (Lipinski definition) is 4. The minimum absolute atomic E-state index is 0.101. The third-order valence-corrected chi connectivity index (χ3v) is 4.57. The van der Waals surface area contributed by atoms with Crippen molar-refractivity contribution in [3.63, 3.8) is 0 Å². The Morgan fingerprint density at radius 2 is 1.68 bits per heavy atom. The molecule has 2 atom stereocenters. The molecular formula is C17H15NO4. The maximum absolute atomic E-state index is 11.1. The van der Waals surface area contributed by atoms with Gasteiger partial charge < -0.3 is 20.2 Å². The number of hydrogen-bond donors (Lipinski definition) is 3. The summed E-state index contributed by atoms with van der Waals surface area (Å²) < 4.78 is 0. The van der Waals surface area contributed by atoms with Crippen LogP contribution in [0.3, 0.4) is 0 Å². The normalized spacial score (nSPS) is 22.0. The Bertz CT molecular complexity index is 786. The van der Waals surface area contributed by atoms with Gasteiger partial charge in [-0.3, -0.25) is 0 Å². The van der Waals surface area contributed by atoms with Crippen LogP contribution in [0.15, 0.2) is 36.4 Å². The van der Waals surface area contributed by atoms with Gasteiger partial charge in [0.1, 0.15) is 0 Å². The van der Waals surface area contributed by atoms with Gasteiger partial charge in [-0.1, -0.05) is 12.1 Å². The molecule has 1 aliphatic carbocycles. The molecule has 0 amide bonds. The summed E-state index contributed by atoms with van der Waals surface area (Å²) in [4.78, 5) is 12.6. The first-order valence-corrected chi connectivity index (χ1v) is 7.19. The average molecular weight is 297 g/mol. The first-order chi connectivity index (χ1) is 10.6. The Balaban J connectivity index is 1.76. The second kappa shape index (κ2) is 4.56. The van der Waals surface area contributed by atoms with E-state index in [1.165, 1.54) is 28.2 Å². The van der Waals surface area contributed by atoms with Crippen molar-refractivity contribution < 1.29 is 20.1 Å². The fraction of sp³-hybridized carbons (Fsp3) is 0.235. The van der Waals surface area contributed by atoms with E-state index < -0.39 is 18.4 Å². The van der Waals surface area contributed by atoms with Crippen LogP contribution in [0.5, 0.6) is 0 Å². The molecule has 1 aliphatic heterocycles. The molecule has 5 heteroatoms. The number of benzene rings is 2. The van der Waals surface area contributed by atoms with Crippen LogP contribution < -0.4 is 4.90 Å². The van der Waals surface area contributed by atoms with E-state index in [-0.39, 0.29) is 5.56 Å². The SMILES string of the molecule is O=C(O)c1ccc2c(c1)C(O)N(c1ccc3c(c1)CC3)C2O. The number of aryl methyl sites for hydroxylation is 2. The lowest BCUT2D eigenvalue weighted by molar-refractivity contribution is 0.0696. The largest absolute Gasteiger partial charge is 0.478 e. The molecule has 1 heterocycles. The fourth-order valence-corrected chi connectivity index (χ4v) is 3.22. The molecule has 2 unspecified atom stereocenters. The first-order valence-electron chi connectivity index (χ1n) is 7.19. The monoisotopic (exact) mass is 297 g/mol. The van der Waals surface area contributed by atoms with Crippen LogP contribution >= 0.6 is 0 Å². The number of aliphatic hydroxyl groups is 2. The van der Waals surface area contributed by atoms with Crippen molar-refractivity contribution in [2.45, 2.75) is 25.3 Å². The Labute approximate surface area is 127 Å². The molecule has 0 fully saturated rings. The predicted octanol–water partition coefficient (Wildman–Crippen LogP) is 1.99. The highest BCUT2D eigenvalue weighted by Crippen LogP contribution is 2.43. The quantitative estimate of drug-likeness (QED) is 0.790. The zero-order valence-corrected chi connectivity index (χ0v) is 11.7. The van der Waals surface area contributed by atoms with Crippen LogP contribution in [0.2, 0.25) is 0 Å². The molecule has 2 aromatic rings. The lowest BCUT2D eigenvalue weighted by Crippen LogP contribution is -2.26. The van der Waals surface area contributed by atoms with E-state index >= 15 is 0 Å². The van der Waals surface area contributed by atoms with Gasteiger partial charge in [0.25, 0.3) is 0 Å². The van der Waals surface area contributed by atoms with Crippen LogP contribution in [0, 0.1) is 0 Å². The van der Waals surface area contributed by atoms with Gasteiger partial charge in [-0.15, -0.1) is 0 Å². The molecule has 112 valence electrons. The van der Waals surface area contributed by atoms with Crippen LogP contribution in [-0.2, 0) is 12.8 Å². The highest BCUT2D eigenvalue weighted by molar-refractivity contribution is 5.88. The van der Waals surface area contributed by atoms with Gasteiger partial charge in [0.05, 0.1) is 5.56 Å². The Morgan fingerprint density at radius 3 is 2.32 bits per heavy atom. The molecule has 0 saturated heterocycles. The maximum atomic E-state index is 11.1. The molecule has 5 nitrogen and oxygen atoms in total. The Hall–Kier alpha value is -2.37. The summed E-state index contributed by atoms with van der Waals surface area (Å²) in [6, 6.07) is 10.3. The van der Waals surface area contributed by atoms with Gasteiger partial charge in [0, 0.05) is 16.8 Å². The van der Waals surface area contributed by atoms with E-state index in [4.69, 9.17) is 5.11 Å². The van der Waals surface area contributed by atoms with E-state index in [2.05, 4.69) is 0 Å². The van der Waals surface area contributed by atoms with E-state index in [1.54, 1.807) is 6.07 Å². The number of anilines is 1. The minimum atomic E-state index is -1.05. The second-order valence-electron chi connectivity index (χ2n) is 5.76. The predicted molar refractivity (Wildman–Crippen MR) is 79.6 cm³/mol. The molecule has 0 saturated carbocycles. The number of carbonyl (C=O) groups is 1. The summed E-state index contributed by atoms with van der Waals surface area (Å²) >= 11 is 0. The molecule has 0 spiro atoms. The molecular weight excluding hydrogens is 282 g/mol. The lowest BCUT2D eigenvalue weighted by atomic mass is 9.88. The van der Waals surface area contributed by atoms with Crippen molar-refractivity contribution >= 4 is 11.7 Å². The number of fused-ring (bicyclic) bond motifs is 2. The smallest absolute Gasteiger partial charge is 0.335 e. The standard InChI is InChI=1S/C17H15NO4/c19-15-13-6-4-11(17(21)22)8-14(13)16(20)18(15)12-5-3-9-1-2-10(9)7-12/h3-8,15-16,19-20H,1-2H2,(H,21,22). The number of aromatic carboxylic acids is 1. The molecule has 0 radical (unpaired) electrons. The summed E-state index contributed by atoms with van der Waals surface area (Å²) in [7, 11) is 0. The second-order valence-corrected chi connectivity index (χ2v) is 5.76. The van der Waals surface area contributed by atoms with Crippen molar-refractivity contribution in [1.29, 1.82) is 0 Å². The van der Waals surface area contributed by atoms with E-state index in [9.17, 15) is 15.0 Å². The van der Waals surface area contributed by atoms with E-state index in [0.29, 0.717) is 11.1 Å². The molecule has 2 aromatic carbocycles. The number of rotatable bonds is 2. The number of carboxylic acid groups (broad SMARTS) is 1. The molecule has 0 bridgehead atoms. The topological polar surface area (TPSA) is 81.0 Å². The van der Waals surface area contributed by atoms with Crippen LogP contribution in [0.4, 0.5) is 5.69 Å². The van der Waals surface area contributed by atoms with Crippen molar-refractivity contribution in [2.24, 2.45) is 0 Å². The highest BCUT2D eigenvalue weighted by atomic mass is 16.4. The third kappa shape index (κ3) is 1.76. The lowest BCUT2D eigenvalue weighted by Gasteiger charge is -2.29. The first kappa shape index (κ1) is 13.3. The number of aliphatic hydroxyl groups excluding tert-OH is 2. The molecule has 4 rings (SSSR count). The third-order valence-electron chi connectivity index (χ3n) is 4.57. The Morgan fingerprint density at radius 1 is 0.955 bits per heavy atom. The summed E-state index contributed by atoms with van der Waals surface area (Å²) in [6.07, 6.45) is 0.0517. The van der Waals surface area contributed by atoms with Crippen molar-refractivity contribution in [3.05, 3.63) is 64.2 Å². The Kier molecular flexibility index (Phi) is 2.76. The van der Waals surface area contributed by atoms with E-state index in [1.807, 2.05) is 18.2 Å². The summed E-state index contributed by atoms with van der Waals surface area (Å²) in [5, 5.41) is 30.1. The summed E-state index contributed by atoms with van der Waals surface area (Å²) in [5.74, 6) is -1.05. The van der Waals surface area contributed by atoms with Gasteiger partial charge in [-0.05, 0) is 48.2 Å². The van der Waals surface area contributed by atoms with Gasteiger partial charge in [0.15, 0.2) is 12.5 Å². The van der Waals surface area contributed by atoms with Gasteiger partial charge in [0.2, 0.25) is 0 Å². The maximum Gasteiger partial charge on any atom is 0.335 e. The number of nitrogens with zero attached hydrogens (tertiary/aromatic N) is 1. The zero-order valence-electron chi connectivity index (χ0n) is 11.7. The molecule has 3 N–H and O–H groups in total. The van der Waals surface area contributed by atoms with Gasteiger partial charge in [-0.2, -0.15) is 0 Å². The fourth-order valence-electron chi connectivity index (χ4n) is 3.22. The molecule has 2 aliphatic rings. The van der Waals surface area contributed by atoms with Crippen molar-refractivity contribution in [2.75, 3.05) is 4.90 Å². The highest BCUT2D eigenvalue weighted by Gasteiger charge is 2.37. The minimum Gasteiger partial charge on any atom is -0.478 e. The molecule has 0 aromatic heterocycles. The summed E-state index contributed by atoms with van der Waals surface area (Å²) in [6.45, 7) is 0. The van der Waals surface area contributed by atoms with Crippen molar-refractivity contribution in [3.8, 4) is 0 Å². The van der Waals surface area contributed by atoms with Crippen LogP contribution in [-0.4, -0.2) is 21.3 Å². The van der Waals surface area contributed by atoms with E-state index in [0.717, 1.165) is 18.5 Å².